The van der Waals surface area contributed by atoms with Crippen LogP contribution in [0.15, 0.2) is 103 Å². The molecule has 2 fully saturated rings. The second-order valence-corrected chi connectivity index (χ2v) is 13.3. The summed E-state index contributed by atoms with van der Waals surface area (Å²) in [5.41, 5.74) is 18.1. The lowest BCUT2D eigenvalue weighted by Crippen LogP contribution is -2.39. The number of ketones is 1. The third-order valence-corrected chi connectivity index (χ3v) is 10.0. The van der Waals surface area contributed by atoms with E-state index in [-0.39, 0.29) is 30.1 Å². The number of aromatic nitrogens is 1. The predicted molar refractivity (Wildman–Crippen MR) is 187 cm³/mol. The molecule has 1 aromatic heterocycles. The van der Waals surface area contributed by atoms with Crippen molar-refractivity contribution in [3.8, 4) is 10.6 Å². The standard InChI is InChI=1S/C20H23NO2.C19H20N2OS/c21-18-8-4-5-9-19(18)23-14-15-10-12-17(13-11-15)20(22)16-6-2-1-3-7-16;20-15-4-3-6-17(15)22-12-13-8-10-14(11-9-13)19-21-16-5-1-2-7-18(16)23-19/h1-3,6-7,10-13,18-19H,4-5,8-9,14,21H2;1-2,5,7-11,15,17H,3-4,6,12,20H2. The van der Waals surface area contributed by atoms with Crippen molar-refractivity contribution < 1.29 is 14.3 Å². The molecule has 4 aromatic carbocycles. The molecular formula is C39H43N3O3S. The average Bonchev–Trinajstić information content (AvgIpc) is 3.73. The second-order valence-electron chi connectivity index (χ2n) is 12.3. The lowest BCUT2D eigenvalue weighted by Gasteiger charge is -2.28. The highest BCUT2D eigenvalue weighted by atomic mass is 32.1. The maximum Gasteiger partial charge on any atom is 0.193 e. The first-order valence-corrected chi connectivity index (χ1v) is 17.2. The van der Waals surface area contributed by atoms with Gasteiger partial charge in [-0.25, -0.2) is 4.98 Å². The second kappa shape index (κ2) is 15.7. The number of para-hydroxylation sites is 1. The van der Waals surface area contributed by atoms with Crippen LogP contribution in [0.1, 0.15) is 72.0 Å². The van der Waals surface area contributed by atoms with E-state index in [0.29, 0.717) is 24.3 Å². The lowest BCUT2D eigenvalue weighted by atomic mass is 9.93. The summed E-state index contributed by atoms with van der Waals surface area (Å²) in [7, 11) is 0. The van der Waals surface area contributed by atoms with Gasteiger partial charge in [-0.1, -0.05) is 104 Å². The molecule has 4 unspecified atom stereocenters. The number of thiazole rings is 1. The van der Waals surface area contributed by atoms with Crippen molar-refractivity contribution in [2.45, 2.75) is 82.5 Å². The molecule has 2 saturated carbocycles. The number of fused-ring (bicyclic) bond motifs is 1. The van der Waals surface area contributed by atoms with E-state index < -0.39 is 0 Å². The quantitative estimate of drug-likeness (QED) is 0.159. The molecular weight excluding hydrogens is 591 g/mol. The Balaban J connectivity index is 0.000000162. The van der Waals surface area contributed by atoms with E-state index in [1.807, 2.05) is 60.7 Å². The first kappa shape index (κ1) is 32.2. The van der Waals surface area contributed by atoms with E-state index in [1.54, 1.807) is 11.3 Å². The summed E-state index contributed by atoms with van der Waals surface area (Å²) in [6.07, 6.45) is 8.24. The first-order chi connectivity index (χ1) is 22.5. The van der Waals surface area contributed by atoms with Crippen molar-refractivity contribution in [3.05, 3.63) is 125 Å². The maximum atomic E-state index is 12.4. The van der Waals surface area contributed by atoms with Gasteiger partial charge in [-0.05, 0) is 55.4 Å². The smallest absolute Gasteiger partial charge is 0.193 e. The SMILES string of the molecule is NC1CCCC1OCc1ccc(-c2nc3ccccc3s2)cc1.NC1CCCCC1OCc1ccc(C(=O)c2ccccc2)cc1. The number of ether oxygens (including phenoxy) is 2. The normalized spacial score (nSPS) is 21.1. The number of benzene rings is 4. The summed E-state index contributed by atoms with van der Waals surface area (Å²) in [6, 6.07) is 34.1. The first-order valence-electron chi connectivity index (χ1n) is 16.4. The van der Waals surface area contributed by atoms with E-state index in [9.17, 15) is 4.79 Å². The topological polar surface area (TPSA) is 100 Å². The van der Waals surface area contributed by atoms with Gasteiger partial charge in [0.1, 0.15) is 5.01 Å². The van der Waals surface area contributed by atoms with E-state index in [4.69, 9.17) is 25.9 Å². The number of hydrogen-bond donors (Lipinski definition) is 2. The Kier molecular flexibility index (Phi) is 11.0. The Morgan fingerprint density at radius 3 is 1.80 bits per heavy atom. The highest BCUT2D eigenvalue weighted by molar-refractivity contribution is 7.21. The number of hydrogen-bond acceptors (Lipinski definition) is 7. The molecule has 46 heavy (non-hydrogen) atoms. The van der Waals surface area contributed by atoms with Gasteiger partial charge in [0.15, 0.2) is 5.78 Å². The zero-order valence-electron chi connectivity index (χ0n) is 26.2. The monoisotopic (exact) mass is 633 g/mol. The zero-order valence-corrected chi connectivity index (χ0v) is 27.0. The molecule has 7 rings (SSSR count). The molecule has 5 aromatic rings. The van der Waals surface area contributed by atoms with Crippen LogP contribution in [0.2, 0.25) is 0 Å². The van der Waals surface area contributed by atoms with Gasteiger partial charge in [-0.15, -0.1) is 11.3 Å². The fourth-order valence-corrected chi connectivity index (χ4v) is 7.12. The van der Waals surface area contributed by atoms with Crippen LogP contribution in [0.4, 0.5) is 0 Å². The van der Waals surface area contributed by atoms with Crippen molar-refractivity contribution in [2.75, 3.05) is 0 Å². The van der Waals surface area contributed by atoms with Gasteiger partial charge < -0.3 is 20.9 Å². The molecule has 2 aliphatic rings. The van der Waals surface area contributed by atoms with Crippen molar-refractivity contribution in [1.82, 2.24) is 4.98 Å². The van der Waals surface area contributed by atoms with Crippen molar-refractivity contribution in [1.29, 1.82) is 0 Å². The predicted octanol–water partition coefficient (Wildman–Crippen LogP) is 8.06. The van der Waals surface area contributed by atoms with Crippen LogP contribution in [-0.4, -0.2) is 35.1 Å². The summed E-state index contributed by atoms with van der Waals surface area (Å²) in [5, 5.41) is 1.07. The summed E-state index contributed by atoms with van der Waals surface area (Å²) in [4.78, 5) is 17.1. The van der Waals surface area contributed by atoms with Gasteiger partial charge in [0.25, 0.3) is 0 Å². The largest absolute Gasteiger partial charge is 0.372 e. The van der Waals surface area contributed by atoms with E-state index >= 15 is 0 Å². The molecule has 6 nitrogen and oxygen atoms in total. The molecule has 1 heterocycles. The number of nitrogens with two attached hydrogens (primary N) is 2. The van der Waals surface area contributed by atoms with Gasteiger partial charge >= 0.3 is 0 Å². The minimum absolute atomic E-state index is 0.0485. The highest BCUT2D eigenvalue weighted by Gasteiger charge is 2.24. The van der Waals surface area contributed by atoms with E-state index in [0.717, 1.165) is 47.3 Å². The fourth-order valence-electron chi connectivity index (χ4n) is 6.15. The summed E-state index contributed by atoms with van der Waals surface area (Å²) in [5.74, 6) is 0.0485. The molecule has 0 spiro atoms. The molecule has 2 aliphatic carbocycles. The molecule has 7 heteroatoms. The summed E-state index contributed by atoms with van der Waals surface area (Å²) < 4.78 is 13.1. The molecule has 4 N–H and O–H groups in total. The number of rotatable bonds is 9. The molecule has 4 atom stereocenters. The molecule has 0 radical (unpaired) electrons. The minimum Gasteiger partial charge on any atom is -0.372 e. The highest BCUT2D eigenvalue weighted by Crippen LogP contribution is 2.30. The third-order valence-electron chi connectivity index (χ3n) is 8.93. The van der Waals surface area contributed by atoms with Gasteiger partial charge in [0.2, 0.25) is 0 Å². The van der Waals surface area contributed by atoms with E-state index in [2.05, 4.69) is 42.5 Å². The number of nitrogens with zero attached hydrogens (tertiary/aromatic N) is 1. The Morgan fingerprint density at radius 1 is 0.652 bits per heavy atom. The van der Waals surface area contributed by atoms with Crippen LogP contribution in [0.3, 0.4) is 0 Å². The lowest BCUT2D eigenvalue weighted by molar-refractivity contribution is 0.00404. The molecule has 0 bridgehead atoms. The van der Waals surface area contributed by atoms with Crippen molar-refractivity contribution in [3.63, 3.8) is 0 Å². The van der Waals surface area contributed by atoms with Crippen LogP contribution in [0, 0.1) is 0 Å². The Morgan fingerprint density at radius 2 is 1.20 bits per heavy atom. The average molecular weight is 634 g/mol. The number of carbonyl (C=O) groups excluding carboxylic acids is 1. The van der Waals surface area contributed by atoms with Crippen molar-refractivity contribution >= 4 is 27.3 Å². The van der Waals surface area contributed by atoms with Crippen molar-refractivity contribution in [2.24, 2.45) is 11.5 Å². The van der Waals surface area contributed by atoms with Crippen LogP contribution in [0.25, 0.3) is 20.8 Å². The van der Waals surface area contributed by atoms with Gasteiger partial charge in [0.05, 0.1) is 35.6 Å². The van der Waals surface area contributed by atoms with Crippen LogP contribution in [-0.2, 0) is 22.7 Å². The molecule has 0 aliphatic heterocycles. The van der Waals surface area contributed by atoms with Gasteiger partial charge in [0, 0.05) is 28.8 Å². The zero-order chi connectivity index (χ0) is 31.7. The molecule has 0 amide bonds. The minimum atomic E-state index is 0.0485. The molecule has 0 saturated heterocycles. The fraction of sp³-hybridized carbons (Fsp3) is 0.333. The maximum absolute atomic E-state index is 12.4. The number of carbonyl (C=O) groups is 1. The summed E-state index contributed by atoms with van der Waals surface area (Å²) >= 11 is 1.73. The van der Waals surface area contributed by atoms with Crippen LogP contribution in [0.5, 0.6) is 0 Å². The Bertz CT molecular complexity index is 1650. The third kappa shape index (κ3) is 8.35. The van der Waals surface area contributed by atoms with E-state index in [1.165, 1.54) is 29.5 Å². The Hall–Kier alpha value is -3.72. The summed E-state index contributed by atoms with van der Waals surface area (Å²) in [6.45, 7) is 1.19. The van der Waals surface area contributed by atoms with Gasteiger partial charge in [-0.2, -0.15) is 0 Å². The Labute approximate surface area is 275 Å². The van der Waals surface area contributed by atoms with Crippen LogP contribution >= 0.6 is 11.3 Å². The van der Waals surface area contributed by atoms with Gasteiger partial charge in [-0.3, -0.25) is 4.79 Å². The molecule has 238 valence electrons. The van der Waals surface area contributed by atoms with Crippen LogP contribution < -0.4 is 11.5 Å².